The van der Waals surface area contributed by atoms with Crippen LogP contribution in [0.5, 0.6) is 0 Å². The van der Waals surface area contributed by atoms with E-state index in [1.807, 2.05) is 6.92 Å². The van der Waals surface area contributed by atoms with Crippen LogP contribution in [0, 0.1) is 0 Å². The number of methoxy groups -OCH3 is 1. The van der Waals surface area contributed by atoms with Gasteiger partial charge in [-0.3, -0.25) is 9.48 Å². The number of anilines is 1. The fourth-order valence-corrected chi connectivity index (χ4v) is 1.99. The van der Waals surface area contributed by atoms with Crippen LogP contribution in [0.4, 0.5) is 5.69 Å². The highest BCUT2D eigenvalue weighted by Crippen LogP contribution is 2.17. The number of nitrogens with one attached hydrogen (secondary N) is 1. The van der Waals surface area contributed by atoms with Gasteiger partial charge in [-0.05, 0) is 30.7 Å². The largest absolute Gasteiger partial charge is 0.478 e. The Morgan fingerprint density at radius 2 is 2.09 bits per heavy atom. The van der Waals surface area contributed by atoms with Gasteiger partial charge in [-0.15, -0.1) is 0 Å². The zero-order chi connectivity index (χ0) is 16.1. The molecular formula is C15H17N3O4. The number of carboxylic acid groups (broad SMARTS) is 1. The lowest BCUT2D eigenvalue weighted by molar-refractivity contribution is 0.0696. The predicted molar refractivity (Wildman–Crippen MR) is 80.0 cm³/mol. The molecule has 0 aliphatic rings. The molecule has 0 radical (unpaired) electrons. The first-order chi connectivity index (χ1) is 10.5. The molecule has 1 aromatic carbocycles. The number of carboxylic acids is 1. The molecule has 0 fully saturated rings. The van der Waals surface area contributed by atoms with Crippen molar-refractivity contribution in [3.63, 3.8) is 0 Å². The van der Waals surface area contributed by atoms with Crippen molar-refractivity contribution in [2.45, 2.75) is 20.1 Å². The van der Waals surface area contributed by atoms with Crippen LogP contribution in [0.2, 0.25) is 0 Å². The van der Waals surface area contributed by atoms with E-state index in [0.29, 0.717) is 23.4 Å². The summed E-state index contributed by atoms with van der Waals surface area (Å²) < 4.78 is 6.64. The highest BCUT2D eigenvalue weighted by Gasteiger charge is 2.12. The molecular weight excluding hydrogens is 286 g/mol. The van der Waals surface area contributed by atoms with Crippen molar-refractivity contribution >= 4 is 17.6 Å². The van der Waals surface area contributed by atoms with Crippen LogP contribution in [0.15, 0.2) is 30.6 Å². The summed E-state index contributed by atoms with van der Waals surface area (Å²) in [5.41, 5.74) is 1.58. The van der Waals surface area contributed by atoms with Gasteiger partial charge < -0.3 is 15.2 Å². The van der Waals surface area contributed by atoms with Gasteiger partial charge in [0, 0.05) is 25.5 Å². The SMILES string of the molecule is CCn1cc(C(=O)Nc2cc(COC)cc(C(=O)O)c2)cn1. The third kappa shape index (κ3) is 3.70. The summed E-state index contributed by atoms with van der Waals surface area (Å²) >= 11 is 0. The molecule has 2 aromatic rings. The lowest BCUT2D eigenvalue weighted by Crippen LogP contribution is -2.12. The molecule has 1 heterocycles. The molecule has 0 atom stereocenters. The van der Waals surface area contributed by atoms with Crippen LogP contribution >= 0.6 is 0 Å². The van der Waals surface area contributed by atoms with Gasteiger partial charge in [0.05, 0.1) is 23.9 Å². The molecule has 22 heavy (non-hydrogen) atoms. The number of amides is 1. The van der Waals surface area contributed by atoms with Gasteiger partial charge >= 0.3 is 5.97 Å². The molecule has 0 saturated heterocycles. The minimum Gasteiger partial charge on any atom is -0.478 e. The fourth-order valence-electron chi connectivity index (χ4n) is 1.99. The topological polar surface area (TPSA) is 93.5 Å². The summed E-state index contributed by atoms with van der Waals surface area (Å²) in [6, 6.07) is 4.60. The van der Waals surface area contributed by atoms with Crippen LogP contribution in [0.1, 0.15) is 33.2 Å². The van der Waals surface area contributed by atoms with Gasteiger partial charge in [0.1, 0.15) is 0 Å². The standard InChI is InChI=1S/C15H17N3O4/c1-3-18-8-12(7-16-18)14(19)17-13-5-10(9-22-2)4-11(6-13)15(20)21/h4-8H,3,9H2,1-2H3,(H,17,19)(H,20,21). The molecule has 116 valence electrons. The van der Waals surface area contributed by atoms with Crippen LogP contribution in [-0.4, -0.2) is 33.9 Å². The Kier molecular flexibility index (Phi) is 4.90. The van der Waals surface area contributed by atoms with E-state index >= 15 is 0 Å². The van der Waals surface area contributed by atoms with Crippen molar-refractivity contribution in [3.8, 4) is 0 Å². The maximum atomic E-state index is 12.2. The van der Waals surface area contributed by atoms with E-state index in [1.54, 1.807) is 16.9 Å². The van der Waals surface area contributed by atoms with Gasteiger partial charge in [0.25, 0.3) is 5.91 Å². The first kappa shape index (κ1) is 15.7. The molecule has 2 rings (SSSR count). The maximum absolute atomic E-state index is 12.2. The van der Waals surface area contributed by atoms with E-state index in [9.17, 15) is 9.59 Å². The average Bonchev–Trinajstić information content (AvgIpc) is 2.96. The van der Waals surface area contributed by atoms with Crippen molar-refractivity contribution in [3.05, 3.63) is 47.3 Å². The van der Waals surface area contributed by atoms with E-state index in [4.69, 9.17) is 9.84 Å². The van der Waals surface area contributed by atoms with Gasteiger partial charge in [0.15, 0.2) is 0 Å². The number of carbonyl (C=O) groups excluding carboxylic acids is 1. The Morgan fingerprint density at radius 3 is 2.68 bits per heavy atom. The Balaban J connectivity index is 2.23. The number of aromatic nitrogens is 2. The highest BCUT2D eigenvalue weighted by atomic mass is 16.5. The normalized spacial score (nSPS) is 10.5. The highest BCUT2D eigenvalue weighted by molar-refractivity contribution is 6.04. The molecule has 1 amide bonds. The summed E-state index contributed by atoms with van der Waals surface area (Å²) in [5.74, 6) is -1.40. The van der Waals surface area contributed by atoms with Crippen molar-refractivity contribution in [2.24, 2.45) is 0 Å². The molecule has 0 aliphatic heterocycles. The van der Waals surface area contributed by atoms with Crippen molar-refractivity contribution < 1.29 is 19.4 Å². The number of hydrogen-bond acceptors (Lipinski definition) is 4. The Labute approximate surface area is 127 Å². The van der Waals surface area contributed by atoms with E-state index < -0.39 is 5.97 Å². The van der Waals surface area contributed by atoms with E-state index in [0.717, 1.165) is 0 Å². The maximum Gasteiger partial charge on any atom is 0.335 e. The first-order valence-electron chi connectivity index (χ1n) is 6.73. The summed E-state index contributed by atoms with van der Waals surface area (Å²) in [6.07, 6.45) is 3.10. The van der Waals surface area contributed by atoms with Crippen LogP contribution in [0.25, 0.3) is 0 Å². The average molecular weight is 303 g/mol. The second-order valence-corrected chi connectivity index (χ2v) is 4.70. The molecule has 0 bridgehead atoms. The molecule has 2 N–H and O–H groups in total. The van der Waals surface area contributed by atoms with Crippen LogP contribution < -0.4 is 5.32 Å². The number of hydrogen-bond donors (Lipinski definition) is 2. The number of benzene rings is 1. The molecule has 0 saturated carbocycles. The predicted octanol–water partition coefficient (Wildman–Crippen LogP) is 2.00. The lowest BCUT2D eigenvalue weighted by atomic mass is 10.1. The quantitative estimate of drug-likeness (QED) is 0.851. The number of aryl methyl sites for hydroxylation is 1. The number of ether oxygens (including phenoxy) is 1. The number of rotatable bonds is 6. The smallest absolute Gasteiger partial charge is 0.335 e. The fraction of sp³-hybridized carbons (Fsp3) is 0.267. The lowest BCUT2D eigenvalue weighted by Gasteiger charge is -2.08. The molecule has 0 unspecified atom stereocenters. The van der Waals surface area contributed by atoms with Crippen LogP contribution in [-0.2, 0) is 17.9 Å². The third-order valence-electron chi connectivity index (χ3n) is 3.03. The van der Waals surface area contributed by atoms with Crippen LogP contribution in [0.3, 0.4) is 0 Å². The summed E-state index contributed by atoms with van der Waals surface area (Å²) in [4.78, 5) is 23.3. The Hall–Kier alpha value is -2.67. The van der Waals surface area contributed by atoms with Crippen molar-refractivity contribution in [2.75, 3.05) is 12.4 Å². The van der Waals surface area contributed by atoms with Gasteiger partial charge in [0.2, 0.25) is 0 Å². The van der Waals surface area contributed by atoms with E-state index in [1.165, 1.54) is 25.4 Å². The molecule has 7 nitrogen and oxygen atoms in total. The number of carbonyl (C=O) groups is 2. The zero-order valence-corrected chi connectivity index (χ0v) is 12.4. The van der Waals surface area contributed by atoms with Crippen molar-refractivity contribution in [1.29, 1.82) is 0 Å². The summed E-state index contributed by atoms with van der Waals surface area (Å²) in [7, 11) is 1.52. The van der Waals surface area contributed by atoms with Crippen molar-refractivity contribution in [1.82, 2.24) is 9.78 Å². The van der Waals surface area contributed by atoms with Gasteiger partial charge in [-0.25, -0.2) is 4.79 Å². The number of aromatic carboxylic acids is 1. The molecule has 0 spiro atoms. The molecule has 0 aliphatic carbocycles. The van der Waals surface area contributed by atoms with Gasteiger partial charge in [-0.1, -0.05) is 0 Å². The monoisotopic (exact) mass is 303 g/mol. The third-order valence-corrected chi connectivity index (χ3v) is 3.03. The second-order valence-electron chi connectivity index (χ2n) is 4.70. The molecule has 7 heteroatoms. The summed E-state index contributed by atoms with van der Waals surface area (Å²) in [6.45, 7) is 2.85. The Bertz CT molecular complexity index is 694. The second kappa shape index (κ2) is 6.86. The molecule has 1 aromatic heterocycles. The van der Waals surface area contributed by atoms with Gasteiger partial charge in [-0.2, -0.15) is 5.10 Å². The minimum absolute atomic E-state index is 0.0918. The van der Waals surface area contributed by atoms with E-state index in [-0.39, 0.29) is 18.1 Å². The summed E-state index contributed by atoms with van der Waals surface area (Å²) in [5, 5.41) is 15.8. The minimum atomic E-state index is -1.06. The zero-order valence-electron chi connectivity index (χ0n) is 12.4. The first-order valence-corrected chi connectivity index (χ1v) is 6.73. The number of nitrogens with zero attached hydrogens (tertiary/aromatic N) is 2. The van der Waals surface area contributed by atoms with E-state index in [2.05, 4.69) is 10.4 Å². The Morgan fingerprint density at radius 1 is 1.32 bits per heavy atom.